The number of halogens is 2. The summed E-state index contributed by atoms with van der Waals surface area (Å²) < 4.78 is 37.7. The van der Waals surface area contributed by atoms with E-state index in [2.05, 4.69) is 0 Å². The molecule has 1 aliphatic heterocycles. The van der Waals surface area contributed by atoms with Crippen molar-refractivity contribution in [2.24, 2.45) is 0 Å². The van der Waals surface area contributed by atoms with Crippen LogP contribution in [0.3, 0.4) is 0 Å². The molecule has 1 aliphatic rings. The summed E-state index contributed by atoms with van der Waals surface area (Å²) in [6, 6.07) is 12.2. The lowest BCUT2D eigenvalue weighted by atomic mass is 10.1. The van der Waals surface area contributed by atoms with E-state index in [0.29, 0.717) is 11.4 Å². The van der Waals surface area contributed by atoms with E-state index >= 15 is 0 Å². The van der Waals surface area contributed by atoms with Crippen molar-refractivity contribution in [1.29, 1.82) is 0 Å². The molecule has 1 heterocycles. The molecule has 1 amide bonds. The lowest BCUT2D eigenvalue weighted by molar-refractivity contribution is 0.0676. The third-order valence-electron chi connectivity index (χ3n) is 4.26. The average Bonchev–Trinajstić information content (AvgIpc) is 2.92. The predicted octanol–water partition coefficient (Wildman–Crippen LogP) is 3.31. The fourth-order valence-electron chi connectivity index (χ4n) is 3.01. The van der Waals surface area contributed by atoms with Gasteiger partial charge in [0.1, 0.15) is 5.82 Å². The Hall–Kier alpha value is -1.92. The van der Waals surface area contributed by atoms with Gasteiger partial charge in [0.15, 0.2) is 9.84 Å². The monoisotopic (exact) mass is 381 g/mol. The SMILES string of the molecule is O=C(c1ccccc1F)N(Cc1cccc(Cl)c1)[C@@H]1CCS(=O)(=O)C1. The fourth-order valence-corrected chi connectivity index (χ4v) is 4.95. The molecule has 0 aromatic heterocycles. The number of sulfone groups is 1. The van der Waals surface area contributed by atoms with Crippen LogP contribution in [0.5, 0.6) is 0 Å². The third-order valence-corrected chi connectivity index (χ3v) is 6.24. The summed E-state index contributed by atoms with van der Waals surface area (Å²) in [5, 5.41) is 0.523. The van der Waals surface area contributed by atoms with Gasteiger partial charge in [0, 0.05) is 17.6 Å². The zero-order chi connectivity index (χ0) is 18.0. The lowest BCUT2D eigenvalue weighted by Gasteiger charge is -2.28. The van der Waals surface area contributed by atoms with Crippen LogP contribution in [-0.4, -0.2) is 36.8 Å². The van der Waals surface area contributed by atoms with Crippen LogP contribution in [0.15, 0.2) is 48.5 Å². The lowest BCUT2D eigenvalue weighted by Crippen LogP contribution is -2.41. The van der Waals surface area contributed by atoms with Gasteiger partial charge in [-0.3, -0.25) is 4.79 Å². The van der Waals surface area contributed by atoms with E-state index in [0.717, 1.165) is 5.56 Å². The first-order valence-electron chi connectivity index (χ1n) is 7.86. The Kier molecular flexibility index (Phi) is 5.11. The second kappa shape index (κ2) is 7.14. The number of rotatable bonds is 4. The van der Waals surface area contributed by atoms with Crippen LogP contribution in [0.1, 0.15) is 22.3 Å². The number of hydrogen-bond acceptors (Lipinski definition) is 3. The first-order valence-corrected chi connectivity index (χ1v) is 10.1. The highest BCUT2D eigenvalue weighted by atomic mass is 35.5. The first-order chi connectivity index (χ1) is 11.9. The summed E-state index contributed by atoms with van der Waals surface area (Å²) >= 11 is 6.00. The number of carbonyl (C=O) groups excluding carboxylic acids is 1. The molecule has 132 valence electrons. The van der Waals surface area contributed by atoms with Gasteiger partial charge in [0.2, 0.25) is 0 Å². The maximum Gasteiger partial charge on any atom is 0.257 e. The second-order valence-electron chi connectivity index (χ2n) is 6.10. The standard InChI is InChI=1S/C18H17ClFNO3S/c19-14-5-3-4-13(10-14)11-21(15-8-9-25(23,24)12-15)18(22)16-6-1-2-7-17(16)20/h1-7,10,15H,8-9,11-12H2/t15-/m1/s1. The van der Waals surface area contributed by atoms with Crippen molar-refractivity contribution in [2.45, 2.75) is 19.0 Å². The number of nitrogens with zero attached hydrogens (tertiary/aromatic N) is 1. The number of amides is 1. The molecule has 25 heavy (non-hydrogen) atoms. The van der Waals surface area contributed by atoms with E-state index in [9.17, 15) is 17.6 Å². The number of benzene rings is 2. The third kappa shape index (κ3) is 4.19. The molecule has 3 rings (SSSR count). The Morgan fingerprint density at radius 1 is 1.20 bits per heavy atom. The van der Waals surface area contributed by atoms with E-state index in [4.69, 9.17) is 11.6 Å². The minimum atomic E-state index is -3.18. The van der Waals surface area contributed by atoms with Crippen LogP contribution in [-0.2, 0) is 16.4 Å². The highest BCUT2D eigenvalue weighted by Crippen LogP contribution is 2.24. The van der Waals surface area contributed by atoms with Crippen molar-refractivity contribution >= 4 is 27.3 Å². The van der Waals surface area contributed by atoms with Crippen molar-refractivity contribution in [3.8, 4) is 0 Å². The van der Waals surface area contributed by atoms with E-state index in [-0.39, 0.29) is 23.6 Å². The van der Waals surface area contributed by atoms with E-state index < -0.39 is 27.6 Å². The Labute approximate surface area is 151 Å². The van der Waals surface area contributed by atoms with E-state index in [1.165, 1.54) is 23.1 Å². The average molecular weight is 382 g/mol. The van der Waals surface area contributed by atoms with Crippen LogP contribution in [0.4, 0.5) is 4.39 Å². The van der Waals surface area contributed by atoms with Crippen molar-refractivity contribution in [3.63, 3.8) is 0 Å². The topological polar surface area (TPSA) is 54.5 Å². The highest BCUT2D eigenvalue weighted by molar-refractivity contribution is 7.91. The molecule has 0 aliphatic carbocycles. The van der Waals surface area contributed by atoms with Gasteiger partial charge in [-0.05, 0) is 36.2 Å². The Morgan fingerprint density at radius 3 is 2.60 bits per heavy atom. The molecule has 1 saturated heterocycles. The number of hydrogen-bond donors (Lipinski definition) is 0. The van der Waals surface area contributed by atoms with Gasteiger partial charge in [-0.2, -0.15) is 0 Å². The molecule has 2 aromatic rings. The maximum atomic E-state index is 14.1. The molecular weight excluding hydrogens is 365 g/mol. The quantitative estimate of drug-likeness (QED) is 0.816. The van der Waals surface area contributed by atoms with E-state index in [1.807, 2.05) is 0 Å². The van der Waals surface area contributed by atoms with Crippen molar-refractivity contribution in [3.05, 3.63) is 70.5 Å². The predicted molar refractivity (Wildman–Crippen MR) is 94.8 cm³/mol. The Bertz CT molecular complexity index is 901. The van der Waals surface area contributed by atoms with Crippen LogP contribution < -0.4 is 0 Å². The van der Waals surface area contributed by atoms with Crippen LogP contribution in [0.25, 0.3) is 0 Å². The maximum absolute atomic E-state index is 14.1. The van der Waals surface area contributed by atoms with Gasteiger partial charge in [0.05, 0.1) is 17.1 Å². The van der Waals surface area contributed by atoms with Crippen LogP contribution in [0, 0.1) is 5.82 Å². The molecule has 0 saturated carbocycles. The van der Waals surface area contributed by atoms with Crippen LogP contribution >= 0.6 is 11.6 Å². The molecule has 0 radical (unpaired) electrons. The molecule has 0 spiro atoms. The summed E-state index contributed by atoms with van der Waals surface area (Å²) in [6.45, 7) is 0.175. The smallest absolute Gasteiger partial charge is 0.257 e. The van der Waals surface area contributed by atoms with Crippen molar-refractivity contribution in [1.82, 2.24) is 4.90 Å². The Balaban J connectivity index is 1.94. The van der Waals surface area contributed by atoms with Crippen molar-refractivity contribution in [2.75, 3.05) is 11.5 Å². The van der Waals surface area contributed by atoms with Crippen molar-refractivity contribution < 1.29 is 17.6 Å². The first kappa shape index (κ1) is 17.9. The largest absolute Gasteiger partial charge is 0.330 e. The normalized spacial score (nSPS) is 18.9. The summed E-state index contributed by atoms with van der Waals surface area (Å²) in [5.74, 6) is -1.20. The molecule has 1 atom stereocenters. The van der Waals surface area contributed by atoms with E-state index in [1.54, 1.807) is 30.3 Å². The van der Waals surface area contributed by atoms with Gasteiger partial charge in [0.25, 0.3) is 5.91 Å². The summed E-state index contributed by atoms with van der Waals surface area (Å²) in [4.78, 5) is 14.4. The molecule has 7 heteroatoms. The zero-order valence-electron chi connectivity index (χ0n) is 13.4. The second-order valence-corrected chi connectivity index (χ2v) is 8.76. The molecule has 4 nitrogen and oxygen atoms in total. The molecular formula is C18H17ClFNO3S. The minimum Gasteiger partial charge on any atom is -0.330 e. The fraction of sp³-hybridized carbons (Fsp3) is 0.278. The molecule has 0 N–H and O–H groups in total. The molecule has 1 fully saturated rings. The zero-order valence-corrected chi connectivity index (χ0v) is 14.9. The molecule has 0 unspecified atom stereocenters. The van der Waals surface area contributed by atoms with Crippen LogP contribution in [0.2, 0.25) is 5.02 Å². The molecule has 0 bridgehead atoms. The molecule has 2 aromatic carbocycles. The van der Waals surface area contributed by atoms with Gasteiger partial charge in [-0.15, -0.1) is 0 Å². The minimum absolute atomic E-state index is 0.0360. The summed E-state index contributed by atoms with van der Waals surface area (Å²) in [6.07, 6.45) is 0.350. The van der Waals surface area contributed by atoms with Gasteiger partial charge in [-0.1, -0.05) is 35.9 Å². The number of carbonyl (C=O) groups is 1. The summed E-state index contributed by atoms with van der Waals surface area (Å²) in [7, 11) is -3.18. The Morgan fingerprint density at radius 2 is 1.96 bits per heavy atom. The van der Waals surface area contributed by atoms with Gasteiger partial charge in [-0.25, -0.2) is 12.8 Å². The van der Waals surface area contributed by atoms with Gasteiger partial charge < -0.3 is 4.90 Å². The highest BCUT2D eigenvalue weighted by Gasteiger charge is 2.35. The van der Waals surface area contributed by atoms with Gasteiger partial charge >= 0.3 is 0 Å². The summed E-state index contributed by atoms with van der Waals surface area (Å²) in [5.41, 5.74) is 0.704.